The summed E-state index contributed by atoms with van der Waals surface area (Å²) in [6.07, 6.45) is 3.68. The van der Waals surface area contributed by atoms with Crippen molar-refractivity contribution in [1.82, 2.24) is 0 Å². The van der Waals surface area contributed by atoms with Gasteiger partial charge in [-0.1, -0.05) is 74.6 Å². The van der Waals surface area contributed by atoms with Crippen molar-refractivity contribution in [3.8, 4) is 51.3 Å². The fourth-order valence-corrected chi connectivity index (χ4v) is 4.31. The molecule has 0 bridgehead atoms. The van der Waals surface area contributed by atoms with E-state index in [1.807, 2.05) is 36.4 Å². The van der Waals surface area contributed by atoms with Crippen LogP contribution in [0.15, 0.2) is 140 Å². The first kappa shape index (κ1) is 36.8. The van der Waals surface area contributed by atoms with Crippen LogP contribution >= 0.6 is 0 Å². The average molecular weight is 679 g/mol. The third-order valence-corrected chi connectivity index (χ3v) is 7.02. The first-order chi connectivity index (χ1) is 24.4. The molecule has 0 aromatic heterocycles. The first-order valence-corrected chi connectivity index (χ1v) is 15.5. The van der Waals surface area contributed by atoms with E-state index in [1.165, 1.54) is 19.3 Å². The fraction of sp³-hybridized carbons (Fsp3) is 0.0698. The highest BCUT2D eigenvalue weighted by Crippen LogP contribution is 2.37. The molecule has 0 spiro atoms. The lowest BCUT2D eigenvalue weighted by Crippen LogP contribution is -2.08. The average Bonchev–Trinajstić information content (AvgIpc) is 3.12. The number of ether oxygens (including phenoxy) is 4. The molecule has 4 aromatic rings. The van der Waals surface area contributed by atoms with Gasteiger partial charge in [0.05, 0.1) is 6.26 Å². The van der Waals surface area contributed by atoms with Crippen molar-refractivity contribution in [1.29, 1.82) is 0 Å². The topological polar surface area (TPSA) is 105 Å². The highest BCUT2D eigenvalue weighted by Gasteiger charge is 2.18. The molecule has 0 amide bonds. The summed E-state index contributed by atoms with van der Waals surface area (Å²) in [5.41, 5.74) is 5.24. The van der Waals surface area contributed by atoms with Crippen LogP contribution in [-0.4, -0.2) is 23.9 Å². The molecule has 0 aliphatic heterocycles. The Morgan fingerprint density at radius 3 is 1.57 bits per heavy atom. The van der Waals surface area contributed by atoms with E-state index >= 15 is 0 Å². The van der Waals surface area contributed by atoms with E-state index in [2.05, 4.69) is 38.2 Å². The van der Waals surface area contributed by atoms with Crippen LogP contribution in [0.2, 0.25) is 0 Å². The molecule has 0 unspecified atom stereocenters. The van der Waals surface area contributed by atoms with E-state index in [4.69, 9.17) is 18.9 Å². The van der Waals surface area contributed by atoms with Crippen LogP contribution in [0.4, 0.5) is 0 Å². The normalized spacial score (nSPS) is 10.3. The van der Waals surface area contributed by atoms with Crippen LogP contribution in [0.1, 0.15) is 37.5 Å². The number of hydrogen-bond donors (Lipinski definition) is 0. The lowest BCUT2D eigenvalue weighted by atomic mass is 9.96. The highest BCUT2D eigenvalue weighted by molar-refractivity contribution is 5.91. The van der Waals surface area contributed by atoms with Gasteiger partial charge in [0.1, 0.15) is 17.2 Å². The Morgan fingerprint density at radius 2 is 1.08 bits per heavy atom. The zero-order valence-corrected chi connectivity index (χ0v) is 28.4. The van der Waals surface area contributed by atoms with Gasteiger partial charge in [0.25, 0.3) is 0 Å². The van der Waals surface area contributed by atoms with Crippen LogP contribution in [0.3, 0.4) is 0 Å². The summed E-state index contributed by atoms with van der Waals surface area (Å²) < 4.78 is 21.5. The van der Waals surface area contributed by atoms with Crippen LogP contribution in [0, 0.1) is 11.8 Å². The second-order valence-corrected chi connectivity index (χ2v) is 11.2. The molecule has 0 aliphatic carbocycles. The molecule has 0 fully saturated rings. The molecule has 8 heteroatoms. The van der Waals surface area contributed by atoms with Crippen molar-refractivity contribution < 1.29 is 38.1 Å². The minimum absolute atomic E-state index is 0.133. The zero-order chi connectivity index (χ0) is 37.1. The molecule has 0 atom stereocenters. The minimum atomic E-state index is -0.723. The van der Waals surface area contributed by atoms with Gasteiger partial charge < -0.3 is 18.9 Å². The smallest absolute Gasteiger partial charge is 0.338 e. The molecule has 0 heterocycles. The lowest BCUT2D eigenvalue weighted by Gasteiger charge is -2.15. The van der Waals surface area contributed by atoms with E-state index in [1.54, 1.807) is 62.4 Å². The molecule has 4 rings (SSSR count). The summed E-state index contributed by atoms with van der Waals surface area (Å²) in [4.78, 5) is 48.5. The van der Waals surface area contributed by atoms with Gasteiger partial charge in [-0.2, -0.15) is 0 Å². The van der Waals surface area contributed by atoms with Gasteiger partial charge in [-0.15, -0.1) is 0 Å². The molecule has 0 saturated carbocycles. The third-order valence-electron chi connectivity index (χ3n) is 7.02. The number of carbonyl (C=O) groups is 4. The van der Waals surface area contributed by atoms with Gasteiger partial charge in [-0.3, -0.25) is 0 Å². The maximum atomic E-state index is 12.6. The van der Waals surface area contributed by atoms with Crippen molar-refractivity contribution in [3.05, 3.63) is 157 Å². The molecule has 51 heavy (non-hydrogen) atoms. The quantitative estimate of drug-likeness (QED) is 0.0511. The zero-order valence-electron chi connectivity index (χ0n) is 28.4. The van der Waals surface area contributed by atoms with E-state index in [9.17, 15) is 19.2 Å². The predicted molar refractivity (Wildman–Crippen MR) is 196 cm³/mol. The third kappa shape index (κ3) is 10.0. The van der Waals surface area contributed by atoms with Crippen molar-refractivity contribution in [2.45, 2.75) is 20.8 Å². The fourth-order valence-electron chi connectivity index (χ4n) is 4.31. The van der Waals surface area contributed by atoms with E-state index in [0.29, 0.717) is 44.9 Å². The number of benzene rings is 4. The molecular formula is C43H34O8. The summed E-state index contributed by atoms with van der Waals surface area (Å²) in [6.45, 7) is 18.9. The number of rotatable bonds is 11. The van der Waals surface area contributed by atoms with E-state index in [-0.39, 0.29) is 16.9 Å². The number of hydrogen-bond acceptors (Lipinski definition) is 8. The molecule has 0 radical (unpaired) electrons. The Hall–Kier alpha value is -6.98. The standard InChI is InChI=1S/C43H34O8/c1-8-39(44)51-40-37(34-17-22-36(23-18-34)50-43(47)29(6)7)24-19-33(38(40)25-26-48-41(45)27(2)3)14-11-30-9-12-31(13-10-30)32-15-20-35(21-16-32)49-42(46)28(4)5/h8-10,12-13,15-26H,1-2,4,6H2,3,5,7H3. The summed E-state index contributed by atoms with van der Waals surface area (Å²) in [6, 6.07) is 24.7. The summed E-state index contributed by atoms with van der Waals surface area (Å²) in [5.74, 6) is 4.72. The molecule has 4 aromatic carbocycles. The van der Waals surface area contributed by atoms with E-state index < -0.39 is 23.9 Å². The predicted octanol–water partition coefficient (Wildman–Crippen LogP) is 8.56. The van der Waals surface area contributed by atoms with E-state index in [0.717, 1.165) is 17.2 Å². The largest absolute Gasteiger partial charge is 0.431 e. The molecule has 0 saturated heterocycles. The Balaban J connectivity index is 1.72. The van der Waals surface area contributed by atoms with Crippen molar-refractivity contribution in [2.75, 3.05) is 0 Å². The molecular weight excluding hydrogens is 644 g/mol. The van der Waals surface area contributed by atoms with Crippen LogP contribution in [-0.2, 0) is 23.9 Å². The monoisotopic (exact) mass is 678 g/mol. The molecule has 254 valence electrons. The Kier molecular flexibility index (Phi) is 12.2. The van der Waals surface area contributed by atoms with Crippen LogP contribution in [0.25, 0.3) is 28.3 Å². The van der Waals surface area contributed by atoms with Gasteiger partial charge in [0.15, 0.2) is 0 Å². The van der Waals surface area contributed by atoms with Crippen LogP contribution < -0.4 is 14.2 Å². The van der Waals surface area contributed by atoms with Gasteiger partial charge in [0.2, 0.25) is 0 Å². The maximum absolute atomic E-state index is 12.6. The Labute approximate surface area is 296 Å². The Morgan fingerprint density at radius 1 is 0.588 bits per heavy atom. The van der Waals surface area contributed by atoms with Crippen molar-refractivity contribution in [3.63, 3.8) is 0 Å². The number of carbonyl (C=O) groups excluding carboxylic acids is 4. The summed E-state index contributed by atoms with van der Waals surface area (Å²) in [7, 11) is 0. The van der Waals surface area contributed by atoms with Gasteiger partial charge in [0, 0.05) is 45.0 Å². The van der Waals surface area contributed by atoms with Gasteiger partial charge >= 0.3 is 23.9 Å². The van der Waals surface area contributed by atoms with Crippen molar-refractivity contribution >= 4 is 30.0 Å². The minimum Gasteiger partial charge on any atom is -0.431 e. The SMILES string of the molecule is C=CC(=O)Oc1c(-c2ccc(OC(=O)C(=C)C)cc2)ccc(C#Cc2ccc(-c3ccc(OC(=O)C(=C)C)cc3)cc2)c1C=COC(=O)C(=C)C. The first-order valence-electron chi connectivity index (χ1n) is 15.5. The molecule has 0 aliphatic rings. The highest BCUT2D eigenvalue weighted by atomic mass is 16.5. The molecule has 8 nitrogen and oxygen atoms in total. The summed E-state index contributed by atoms with van der Waals surface area (Å²) >= 11 is 0. The lowest BCUT2D eigenvalue weighted by molar-refractivity contribution is -0.133. The van der Waals surface area contributed by atoms with Crippen molar-refractivity contribution in [2.24, 2.45) is 0 Å². The maximum Gasteiger partial charge on any atom is 0.338 e. The Bertz CT molecular complexity index is 2140. The van der Waals surface area contributed by atoms with Gasteiger partial charge in [-0.05, 0) is 92.1 Å². The van der Waals surface area contributed by atoms with Crippen LogP contribution in [0.5, 0.6) is 17.2 Å². The number of esters is 4. The molecule has 0 N–H and O–H groups in total. The second-order valence-electron chi connectivity index (χ2n) is 11.2. The van der Waals surface area contributed by atoms with Gasteiger partial charge in [-0.25, -0.2) is 19.2 Å². The summed E-state index contributed by atoms with van der Waals surface area (Å²) in [5, 5.41) is 0. The second kappa shape index (κ2) is 16.9.